The summed E-state index contributed by atoms with van der Waals surface area (Å²) in [6, 6.07) is 6.34. The third-order valence-corrected chi connectivity index (χ3v) is 6.90. The molecular weight excluding hydrogens is 380 g/mol. The number of piperidine rings is 1. The summed E-state index contributed by atoms with van der Waals surface area (Å²) in [6.07, 6.45) is 6.81. The number of amides is 1. The van der Waals surface area contributed by atoms with Gasteiger partial charge in [-0.15, -0.1) is 11.3 Å². The fourth-order valence-corrected chi connectivity index (χ4v) is 5.40. The number of hydrogen-bond acceptors (Lipinski definition) is 6. The van der Waals surface area contributed by atoms with Gasteiger partial charge in [0.1, 0.15) is 4.88 Å². The third-order valence-electron chi connectivity index (χ3n) is 5.80. The van der Waals surface area contributed by atoms with Gasteiger partial charge in [-0.1, -0.05) is 12.8 Å². The van der Waals surface area contributed by atoms with E-state index in [1.807, 2.05) is 4.90 Å². The van der Waals surface area contributed by atoms with Crippen molar-refractivity contribution < 1.29 is 19.2 Å². The summed E-state index contributed by atoms with van der Waals surface area (Å²) in [6.45, 7) is 0.487. The molecule has 148 valence electrons. The number of carbonyl (C=O) groups excluding carboxylic acids is 2. The number of nitro groups is 1. The number of rotatable bonds is 4. The fraction of sp³-hybridized carbons (Fsp3) is 0.500. The van der Waals surface area contributed by atoms with E-state index in [9.17, 15) is 19.7 Å². The Morgan fingerprint density at radius 2 is 1.96 bits per heavy atom. The molecule has 1 saturated carbocycles. The van der Waals surface area contributed by atoms with E-state index in [1.165, 1.54) is 42.7 Å². The minimum Gasteiger partial charge on any atom is -0.451 e. The molecule has 8 heteroatoms. The molecule has 2 aromatic rings. The van der Waals surface area contributed by atoms with Crippen LogP contribution in [-0.2, 0) is 9.53 Å². The van der Waals surface area contributed by atoms with E-state index in [0.29, 0.717) is 22.2 Å². The van der Waals surface area contributed by atoms with Crippen LogP contribution in [0.25, 0.3) is 10.1 Å². The van der Waals surface area contributed by atoms with Crippen molar-refractivity contribution in [2.45, 2.75) is 44.6 Å². The van der Waals surface area contributed by atoms with Crippen molar-refractivity contribution in [1.29, 1.82) is 0 Å². The third kappa shape index (κ3) is 3.73. The Morgan fingerprint density at radius 1 is 1.18 bits per heavy atom. The molecule has 0 bridgehead atoms. The summed E-state index contributed by atoms with van der Waals surface area (Å²) < 4.78 is 6.04. The first-order valence-corrected chi connectivity index (χ1v) is 10.5. The standard InChI is InChI=1S/C20H22N2O5S/c23-19(21-9-3-5-13-4-1-2-6-16(13)21)12-27-20(24)18-11-14-10-15(22(25)26)7-8-17(14)28-18/h7-8,10-11,13,16H,1-6,9,12H2/t13-,16-/m0/s1. The molecule has 4 rings (SSSR count). The van der Waals surface area contributed by atoms with Crippen LogP contribution in [0.3, 0.4) is 0 Å². The molecule has 28 heavy (non-hydrogen) atoms. The van der Waals surface area contributed by atoms with Crippen molar-refractivity contribution in [1.82, 2.24) is 4.90 Å². The normalized spacial score (nSPS) is 21.9. The van der Waals surface area contributed by atoms with Crippen molar-refractivity contribution >= 4 is 39.0 Å². The Morgan fingerprint density at radius 3 is 2.79 bits per heavy atom. The molecule has 0 N–H and O–H groups in total. The average molecular weight is 402 g/mol. The lowest BCUT2D eigenvalue weighted by atomic mass is 9.78. The highest BCUT2D eigenvalue weighted by Gasteiger charge is 2.35. The number of likely N-dealkylation sites (tertiary alicyclic amines) is 1. The summed E-state index contributed by atoms with van der Waals surface area (Å²) in [7, 11) is 0. The Bertz CT molecular complexity index is 922. The molecule has 2 atom stereocenters. The lowest BCUT2D eigenvalue weighted by molar-refractivity contribution is -0.384. The molecule has 1 amide bonds. The van der Waals surface area contributed by atoms with E-state index < -0.39 is 10.9 Å². The first-order valence-electron chi connectivity index (χ1n) is 9.67. The number of esters is 1. The van der Waals surface area contributed by atoms with E-state index in [0.717, 1.165) is 30.5 Å². The van der Waals surface area contributed by atoms with Crippen LogP contribution in [0.4, 0.5) is 5.69 Å². The van der Waals surface area contributed by atoms with Gasteiger partial charge in [0.05, 0.1) is 4.92 Å². The van der Waals surface area contributed by atoms with Gasteiger partial charge in [0, 0.05) is 34.8 Å². The zero-order chi connectivity index (χ0) is 19.7. The highest BCUT2D eigenvalue weighted by molar-refractivity contribution is 7.20. The fourth-order valence-electron chi connectivity index (χ4n) is 4.46. The molecular formula is C20H22N2O5S. The molecule has 1 aromatic carbocycles. The van der Waals surface area contributed by atoms with Crippen LogP contribution in [-0.4, -0.2) is 40.9 Å². The molecule has 0 radical (unpaired) electrons. The molecule has 1 aliphatic carbocycles. The number of thiophene rings is 1. The van der Waals surface area contributed by atoms with Crippen molar-refractivity contribution in [3.05, 3.63) is 39.3 Å². The Balaban J connectivity index is 1.40. The van der Waals surface area contributed by atoms with Crippen LogP contribution >= 0.6 is 11.3 Å². The number of carbonyl (C=O) groups is 2. The van der Waals surface area contributed by atoms with Gasteiger partial charge in [0.25, 0.3) is 11.6 Å². The second kappa shape index (κ2) is 7.87. The van der Waals surface area contributed by atoms with Crippen LogP contribution < -0.4 is 0 Å². The first-order chi connectivity index (χ1) is 13.5. The SMILES string of the molecule is O=C(OCC(=O)N1CCC[C@@H]2CCCC[C@@H]21)c1cc2cc([N+](=O)[O-])ccc2s1. The van der Waals surface area contributed by atoms with E-state index in [2.05, 4.69) is 0 Å². The van der Waals surface area contributed by atoms with Gasteiger partial charge in [-0.2, -0.15) is 0 Å². The van der Waals surface area contributed by atoms with Gasteiger partial charge in [0.15, 0.2) is 6.61 Å². The van der Waals surface area contributed by atoms with Crippen molar-refractivity contribution in [3.8, 4) is 0 Å². The largest absolute Gasteiger partial charge is 0.451 e. The van der Waals surface area contributed by atoms with Gasteiger partial charge in [-0.05, 0) is 43.7 Å². The number of hydrogen-bond donors (Lipinski definition) is 0. The molecule has 2 aliphatic rings. The molecule has 1 aliphatic heterocycles. The van der Waals surface area contributed by atoms with Crippen LogP contribution in [0.1, 0.15) is 48.2 Å². The maximum atomic E-state index is 12.7. The van der Waals surface area contributed by atoms with Gasteiger partial charge < -0.3 is 9.64 Å². The molecule has 0 spiro atoms. The summed E-state index contributed by atoms with van der Waals surface area (Å²) >= 11 is 1.21. The summed E-state index contributed by atoms with van der Waals surface area (Å²) in [4.78, 5) is 37.7. The molecule has 2 heterocycles. The van der Waals surface area contributed by atoms with Crippen LogP contribution in [0.2, 0.25) is 0 Å². The number of nitro benzene ring substituents is 1. The van der Waals surface area contributed by atoms with Crippen LogP contribution in [0.15, 0.2) is 24.3 Å². The minimum atomic E-state index is -0.561. The Hall–Kier alpha value is -2.48. The first kappa shape index (κ1) is 18.9. The zero-order valence-corrected chi connectivity index (χ0v) is 16.3. The predicted octanol–water partition coefficient (Wildman–Crippen LogP) is 4.15. The maximum Gasteiger partial charge on any atom is 0.348 e. The number of fused-ring (bicyclic) bond motifs is 2. The molecule has 7 nitrogen and oxygen atoms in total. The second-order valence-electron chi connectivity index (χ2n) is 7.51. The second-order valence-corrected chi connectivity index (χ2v) is 8.59. The summed E-state index contributed by atoms with van der Waals surface area (Å²) in [5.74, 6) is -0.100. The van der Waals surface area contributed by atoms with Gasteiger partial charge in [0.2, 0.25) is 0 Å². The Labute approximate surface area is 166 Å². The highest BCUT2D eigenvalue weighted by Crippen LogP contribution is 2.35. The van der Waals surface area contributed by atoms with Crippen LogP contribution in [0, 0.1) is 16.0 Å². The van der Waals surface area contributed by atoms with E-state index in [-0.39, 0.29) is 18.2 Å². The highest BCUT2D eigenvalue weighted by atomic mass is 32.1. The van der Waals surface area contributed by atoms with Gasteiger partial charge >= 0.3 is 5.97 Å². The topological polar surface area (TPSA) is 89.8 Å². The van der Waals surface area contributed by atoms with Crippen molar-refractivity contribution in [2.75, 3.05) is 13.2 Å². The van der Waals surface area contributed by atoms with Crippen molar-refractivity contribution in [3.63, 3.8) is 0 Å². The average Bonchev–Trinajstić information content (AvgIpc) is 3.14. The van der Waals surface area contributed by atoms with E-state index in [4.69, 9.17) is 4.74 Å². The van der Waals surface area contributed by atoms with Gasteiger partial charge in [-0.3, -0.25) is 14.9 Å². The number of non-ortho nitro benzene ring substituents is 1. The number of benzene rings is 1. The monoisotopic (exact) mass is 402 g/mol. The Kier molecular flexibility index (Phi) is 5.30. The quantitative estimate of drug-likeness (QED) is 0.435. The van der Waals surface area contributed by atoms with E-state index >= 15 is 0 Å². The number of nitrogens with zero attached hydrogens (tertiary/aromatic N) is 2. The lowest BCUT2D eigenvalue weighted by Crippen LogP contribution is -2.50. The minimum absolute atomic E-state index is 0.0208. The smallest absolute Gasteiger partial charge is 0.348 e. The van der Waals surface area contributed by atoms with Crippen LogP contribution in [0.5, 0.6) is 0 Å². The van der Waals surface area contributed by atoms with Crippen molar-refractivity contribution in [2.24, 2.45) is 5.92 Å². The molecule has 1 aromatic heterocycles. The maximum absolute atomic E-state index is 12.7. The van der Waals surface area contributed by atoms with Gasteiger partial charge in [-0.25, -0.2) is 4.79 Å². The summed E-state index contributed by atoms with van der Waals surface area (Å²) in [5, 5.41) is 11.5. The summed E-state index contributed by atoms with van der Waals surface area (Å²) in [5.41, 5.74) is -0.0208. The number of ether oxygens (including phenoxy) is 1. The predicted molar refractivity (Wildman–Crippen MR) is 105 cm³/mol. The van der Waals surface area contributed by atoms with E-state index in [1.54, 1.807) is 12.1 Å². The lowest BCUT2D eigenvalue weighted by Gasteiger charge is -2.44. The zero-order valence-electron chi connectivity index (χ0n) is 15.5. The molecule has 1 saturated heterocycles. The molecule has 2 fully saturated rings. The molecule has 0 unspecified atom stereocenters.